The number of amides is 2. The number of pyridine rings is 1. The van der Waals surface area contributed by atoms with Crippen LogP contribution in [0.25, 0.3) is 10.2 Å². The van der Waals surface area contributed by atoms with Crippen LogP contribution < -0.4 is 10.1 Å². The minimum absolute atomic E-state index is 0.00453. The van der Waals surface area contributed by atoms with Crippen LogP contribution in [0.5, 0.6) is 5.88 Å². The Morgan fingerprint density at radius 1 is 1.21 bits per heavy atom. The summed E-state index contributed by atoms with van der Waals surface area (Å²) in [7, 11) is 0. The lowest BCUT2D eigenvalue weighted by Crippen LogP contribution is -2.40. The largest absolute Gasteiger partial charge is 0.473 e. The van der Waals surface area contributed by atoms with Crippen LogP contribution in [0.2, 0.25) is 0 Å². The SMILES string of the molecule is CC(C)Oc1ncccc1NC(=O)N1CCC(c2nc3ccccc3s2)CC1. The molecule has 0 spiro atoms. The molecule has 146 valence electrons. The lowest BCUT2D eigenvalue weighted by Gasteiger charge is -2.31. The molecule has 2 aromatic heterocycles. The second-order valence-electron chi connectivity index (χ2n) is 7.23. The van der Waals surface area contributed by atoms with Crippen LogP contribution in [-0.4, -0.2) is 40.1 Å². The van der Waals surface area contributed by atoms with Gasteiger partial charge in [-0.15, -0.1) is 11.3 Å². The molecule has 1 fully saturated rings. The Balaban J connectivity index is 1.38. The van der Waals surface area contributed by atoms with E-state index in [2.05, 4.69) is 22.4 Å². The molecule has 1 saturated heterocycles. The minimum atomic E-state index is -0.107. The Labute approximate surface area is 168 Å². The van der Waals surface area contributed by atoms with Gasteiger partial charge in [0.2, 0.25) is 5.88 Å². The third kappa shape index (κ3) is 4.09. The highest BCUT2D eigenvalue weighted by atomic mass is 32.1. The van der Waals surface area contributed by atoms with Crippen molar-refractivity contribution in [2.45, 2.75) is 38.7 Å². The molecule has 0 bridgehead atoms. The molecule has 1 aromatic carbocycles. The molecule has 2 amide bonds. The quantitative estimate of drug-likeness (QED) is 0.682. The second-order valence-corrected chi connectivity index (χ2v) is 8.30. The molecule has 0 atom stereocenters. The highest BCUT2D eigenvalue weighted by Crippen LogP contribution is 2.34. The van der Waals surface area contributed by atoms with Crippen molar-refractivity contribution in [3.05, 3.63) is 47.6 Å². The molecular weight excluding hydrogens is 372 g/mol. The maximum absolute atomic E-state index is 12.7. The van der Waals surface area contributed by atoms with Crippen molar-refractivity contribution in [1.82, 2.24) is 14.9 Å². The van der Waals surface area contributed by atoms with E-state index in [1.54, 1.807) is 23.6 Å². The first-order chi connectivity index (χ1) is 13.6. The van der Waals surface area contributed by atoms with Gasteiger partial charge in [0.25, 0.3) is 0 Å². The van der Waals surface area contributed by atoms with E-state index in [0.29, 0.717) is 30.6 Å². The second kappa shape index (κ2) is 8.14. The van der Waals surface area contributed by atoms with Crippen LogP contribution >= 0.6 is 11.3 Å². The summed E-state index contributed by atoms with van der Waals surface area (Å²) in [4.78, 5) is 23.6. The van der Waals surface area contributed by atoms with Gasteiger partial charge in [-0.1, -0.05) is 12.1 Å². The lowest BCUT2D eigenvalue weighted by molar-refractivity contribution is 0.194. The zero-order chi connectivity index (χ0) is 19.5. The van der Waals surface area contributed by atoms with Gasteiger partial charge in [0.1, 0.15) is 5.69 Å². The molecule has 3 heterocycles. The molecule has 7 heteroatoms. The van der Waals surface area contributed by atoms with Crippen molar-refractivity contribution in [3.8, 4) is 5.88 Å². The zero-order valence-electron chi connectivity index (χ0n) is 16.1. The summed E-state index contributed by atoms with van der Waals surface area (Å²) in [5.74, 6) is 0.870. The number of carbonyl (C=O) groups is 1. The summed E-state index contributed by atoms with van der Waals surface area (Å²) in [6.07, 6.45) is 3.51. The van der Waals surface area contributed by atoms with Gasteiger partial charge in [0.15, 0.2) is 0 Å². The van der Waals surface area contributed by atoms with Crippen molar-refractivity contribution in [2.24, 2.45) is 0 Å². The van der Waals surface area contributed by atoms with E-state index in [4.69, 9.17) is 9.72 Å². The lowest BCUT2D eigenvalue weighted by atomic mass is 9.98. The van der Waals surface area contributed by atoms with Gasteiger partial charge in [0, 0.05) is 25.2 Å². The Kier molecular flexibility index (Phi) is 5.43. The predicted octanol–water partition coefficient (Wildman–Crippen LogP) is 4.89. The highest BCUT2D eigenvalue weighted by molar-refractivity contribution is 7.18. The number of nitrogens with one attached hydrogen (secondary N) is 1. The van der Waals surface area contributed by atoms with E-state index in [1.165, 1.54) is 9.71 Å². The molecule has 0 unspecified atom stereocenters. The van der Waals surface area contributed by atoms with Crippen molar-refractivity contribution in [3.63, 3.8) is 0 Å². The Morgan fingerprint density at radius 2 is 2.00 bits per heavy atom. The molecule has 0 saturated carbocycles. The Morgan fingerprint density at radius 3 is 2.75 bits per heavy atom. The van der Waals surface area contributed by atoms with E-state index in [1.807, 2.05) is 36.9 Å². The molecular formula is C21H24N4O2S. The number of rotatable bonds is 4. The van der Waals surface area contributed by atoms with Crippen molar-refractivity contribution in [2.75, 3.05) is 18.4 Å². The van der Waals surface area contributed by atoms with E-state index in [9.17, 15) is 4.79 Å². The molecule has 1 aliphatic rings. The fourth-order valence-electron chi connectivity index (χ4n) is 3.39. The molecule has 1 aliphatic heterocycles. The van der Waals surface area contributed by atoms with E-state index >= 15 is 0 Å². The van der Waals surface area contributed by atoms with Crippen molar-refractivity contribution in [1.29, 1.82) is 0 Å². The number of likely N-dealkylation sites (tertiary alicyclic amines) is 1. The molecule has 6 nitrogen and oxygen atoms in total. The molecule has 1 N–H and O–H groups in total. The number of thiazole rings is 1. The number of fused-ring (bicyclic) bond motifs is 1. The predicted molar refractivity (Wildman–Crippen MR) is 112 cm³/mol. The zero-order valence-corrected chi connectivity index (χ0v) is 16.9. The average molecular weight is 397 g/mol. The number of ether oxygens (including phenoxy) is 1. The fraction of sp³-hybridized carbons (Fsp3) is 0.381. The number of anilines is 1. The van der Waals surface area contributed by atoms with Crippen LogP contribution in [0.1, 0.15) is 37.6 Å². The number of aromatic nitrogens is 2. The first kappa shape index (κ1) is 18.7. The van der Waals surface area contributed by atoms with Gasteiger partial charge in [0.05, 0.1) is 21.3 Å². The summed E-state index contributed by atoms with van der Waals surface area (Å²) in [6, 6.07) is 11.7. The normalized spacial score (nSPS) is 15.2. The number of piperidine rings is 1. The van der Waals surface area contributed by atoms with E-state index < -0.39 is 0 Å². The number of urea groups is 1. The summed E-state index contributed by atoms with van der Waals surface area (Å²) in [5.41, 5.74) is 1.67. The first-order valence-electron chi connectivity index (χ1n) is 9.63. The van der Waals surface area contributed by atoms with Crippen LogP contribution in [0.15, 0.2) is 42.6 Å². The monoisotopic (exact) mass is 396 g/mol. The fourth-order valence-corrected chi connectivity index (χ4v) is 4.53. The number of para-hydroxylation sites is 1. The molecule has 0 radical (unpaired) electrons. The summed E-state index contributed by atoms with van der Waals surface area (Å²) in [5, 5.41) is 4.13. The number of hydrogen-bond donors (Lipinski definition) is 1. The number of nitrogens with zero attached hydrogens (tertiary/aromatic N) is 3. The third-order valence-corrected chi connectivity index (χ3v) is 6.00. The van der Waals surface area contributed by atoms with Gasteiger partial charge < -0.3 is 15.0 Å². The van der Waals surface area contributed by atoms with Gasteiger partial charge in [-0.05, 0) is 51.0 Å². The van der Waals surface area contributed by atoms with Crippen molar-refractivity contribution >= 4 is 33.3 Å². The van der Waals surface area contributed by atoms with Gasteiger partial charge in [-0.25, -0.2) is 14.8 Å². The topological polar surface area (TPSA) is 67.3 Å². The van der Waals surface area contributed by atoms with Gasteiger partial charge in [-0.2, -0.15) is 0 Å². The molecule has 28 heavy (non-hydrogen) atoms. The molecule has 0 aliphatic carbocycles. The summed E-state index contributed by atoms with van der Waals surface area (Å²) in [6.45, 7) is 5.31. The average Bonchev–Trinajstić information content (AvgIpc) is 3.13. The third-order valence-electron chi connectivity index (χ3n) is 4.80. The smallest absolute Gasteiger partial charge is 0.321 e. The van der Waals surface area contributed by atoms with Crippen LogP contribution in [0.3, 0.4) is 0 Å². The number of carbonyl (C=O) groups excluding carboxylic acids is 1. The summed E-state index contributed by atoms with van der Waals surface area (Å²) >= 11 is 1.77. The Bertz CT molecular complexity index is 931. The first-order valence-corrected chi connectivity index (χ1v) is 10.4. The van der Waals surface area contributed by atoms with Gasteiger partial charge in [-0.3, -0.25) is 0 Å². The van der Waals surface area contributed by atoms with Crippen LogP contribution in [-0.2, 0) is 0 Å². The number of benzene rings is 1. The van der Waals surface area contributed by atoms with Gasteiger partial charge >= 0.3 is 6.03 Å². The molecule has 4 rings (SSSR count). The van der Waals surface area contributed by atoms with Crippen molar-refractivity contribution < 1.29 is 9.53 Å². The maximum Gasteiger partial charge on any atom is 0.321 e. The maximum atomic E-state index is 12.7. The minimum Gasteiger partial charge on any atom is -0.473 e. The van der Waals surface area contributed by atoms with Crippen LogP contribution in [0, 0.1) is 0 Å². The van der Waals surface area contributed by atoms with E-state index in [0.717, 1.165) is 18.4 Å². The summed E-state index contributed by atoms with van der Waals surface area (Å²) < 4.78 is 6.91. The van der Waals surface area contributed by atoms with Crippen LogP contribution in [0.4, 0.5) is 10.5 Å². The standard InChI is InChI=1S/C21H24N4O2S/c1-14(2)27-19-17(7-5-11-22-19)24-21(26)25-12-9-15(10-13-25)20-23-16-6-3-4-8-18(16)28-20/h3-8,11,14-15H,9-10,12-13H2,1-2H3,(H,24,26). The number of hydrogen-bond acceptors (Lipinski definition) is 5. The Hall–Kier alpha value is -2.67. The molecule has 3 aromatic rings. The highest BCUT2D eigenvalue weighted by Gasteiger charge is 2.26. The van der Waals surface area contributed by atoms with E-state index in [-0.39, 0.29) is 12.1 Å².